The van der Waals surface area contributed by atoms with E-state index in [1.807, 2.05) is 36.4 Å². The number of rotatable bonds is 7. The summed E-state index contributed by atoms with van der Waals surface area (Å²) in [5, 5.41) is 7.47. The monoisotopic (exact) mass is 442 g/mol. The van der Waals surface area contributed by atoms with Gasteiger partial charge >= 0.3 is 0 Å². The molecule has 0 unspecified atom stereocenters. The maximum Gasteiger partial charge on any atom is 0.258 e. The number of ether oxygens (including phenoxy) is 1. The van der Waals surface area contributed by atoms with Crippen LogP contribution in [0.5, 0.6) is 5.75 Å². The SMILES string of the molecule is O=C(COc1ccc2ccccc2c1)NC[C@H](c1cccs1)N1CCc2ccccc2C1. The van der Waals surface area contributed by atoms with Gasteiger partial charge in [-0.15, -0.1) is 11.3 Å². The minimum atomic E-state index is -0.0999. The molecule has 1 aliphatic heterocycles. The van der Waals surface area contributed by atoms with E-state index in [0.717, 1.165) is 30.3 Å². The van der Waals surface area contributed by atoms with Gasteiger partial charge in [-0.2, -0.15) is 0 Å². The van der Waals surface area contributed by atoms with E-state index in [2.05, 4.69) is 58.1 Å². The zero-order chi connectivity index (χ0) is 21.8. The Balaban J connectivity index is 1.21. The van der Waals surface area contributed by atoms with Gasteiger partial charge in [-0.05, 0) is 51.9 Å². The Morgan fingerprint density at radius 2 is 1.78 bits per heavy atom. The Labute approximate surface area is 192 Å². The Bertz CT molecular complexity index is 1210. The summed E-state index contributed by atoms with van der Waals surface area (Å²) in [6, 6.07) is 27.1. The number of fused-ring (bicyclic) bond motifs is 2. The molecule has 32 heavy (non-hydrogen) atoms. The van der Waals surface area contributed by atoms with E-state index < -0.39 is 0 Å². The lowest BCUT2D eigenvalue weighted by Crippen LogP contribution is -2.41. The van der Waals surface area contributed by atoms with Gasteiger partial charge < -0.3 is 10.1 Å². The van der Waals surface area contributed by atoms with Crippen LogP contribution in [0.15, 0.2) is 84.2 Å². The number of carbonyl (C=O) groups excluding carboxylic acids is 1. The Kier molecular flexibility index (Phi) is 6.19. The fourth-order valence-corrected chi connectivity index (χ4v) is 5.20. The number of amides is 1. The zero-order valence-corrected chi connectivity index (χ0v) is 18.7. The number of nitrogens with one attached hydrogen (secondary N) is 1. The maximum absolute atomic E-state index is 12.6. The predicted molar refractivity (Wildman–Crippen MR) is 130 cm³/mol. The molecule has 0 aliphatic carbocycles. The van der Waals surface area contributed by atoms with Crippen molar-refractivity contribution >= 4 is 28.0 Å². The van der Waals surface area contributed by atoms with E-state index in [1.54, 1.807) is 11.3 Å². The second-order valence-corrected chi connectivity index (χ2v) is 9.10. The smallest absolute Gasteiger partial charge is 0.258 e. The number of hydrogen-bond donors (Lipinski definition) is 1. The molecule has 1 aliphatic rings. The van der Waals surface area contributed by atoms with E-state index in [0.29, 0.717) is 12.3 Å². The molecule has 0 radical (unpaired) electrons. The fraction of sp³-hybridized carbons (Fsp3) is 0.222. The van der Waals surface area contributed by atoms with Crippen molar-refractivity contribution in [3.8, 4) is 5.75 Å². The first kappa shape index (κ1) is 20.7. The van der Waals surface area contributed by atoms with Gasteiger partial charge in [0.25, 0.3) is 5.91 Å². The molecule has 2 heterocycles. The third-order valence-electron chi connectivity index (χ3n) is 6.06. The molecular formula is C27H26N2O2S. The Morgan fingerprint density at radius 3 is 2.62 bits per heavy atom. The van der Waals surface area contributed by atoms with Gasteiger partial charge in [-0.3, -0.25) is 9.69 Å². The molecule has 3 aromatic carbocycles. The molecular weight excluding hydrogens is 416 g/mol. The first-order chi connectivity index (χ1) is 15.8. The number of hydrogen-bond acceptors (Lipinski definition) is 4. The largest absolute Gasteiger partial charge is 0.484 e. The van der Waals surface area contributed by atoms with E-state index in [-0.39, 0.29) is 18.6 Å². The molecule has 162 valence electrons. The minimum Gasteiger partial charge on any atom is -0.484 e. The van der Waals surface area contributed by atoms with E-state index in [4.69, 9.17) is 4.74 Å². The van der Waals surface area contributed by atoms with Crippen molar-refractivity contribution in [2.45, 2.75) is 19.0 Å². The highest BCUT2D eigenvalue weighted by molar-refractivity contribution is 7.10. The summed E-state index contributed by atoms with van der Waals surface area (Å²) in [5.74, 6) is 0.610. The van der Waals surface area contributed by atoms with Gasteiger partial charge in [-0.25, -0.2) is 0 Å². The van der Waals surface area contributed by atoms with Gasteiger partial charge in [0.1, 0.15) is 5.75 Å². The number of carbonyl (C=O) groups is 1. The van der Waals surface area contributed by atoms with Crippen LogP contribution in [-0.4, -0.2) is 30.5 Å². The van der Waals surface area contributed by atoms with Crippen LogP contribution in [0.25, 0.3) is 10.8 Å². The second-order valence-electron chi connectivity index (χ2n) is 8.12. The second kappa shape index (κ2) is 9.55. The molecule has 4 nitrogen and oxygen atoms in total. The first-order valence-electron chi connectivity index (χ1n) is 11.0. The molecule has 0 bridgehead atoms. The lowest BCUT2D eigenvalue weighted by molar-refractivity contribution is -0.123. The maximum atomic E-state index is 12.6. The molecule has 0 saturated carbocycles. The van der Waals surface area contributed by atoms with Crippen molar-refractivity contribution in [1.29, 1.82) is 0 Å². The normalized spacial score (nSPS) is 14.6. The van der Waals surface area contributed by atoms with Crippen LogP contribution in [0, 0.1) is 0 Å². The summed E-state index contributed by atoms with van der Waals surface area (Å²) in [4.78, 5) is 16.3. The van der Waals surface area contributed by atoms with Gasteiger partial charge in [0.15, 0.2) is 6.61 Å². The lowest BCUT2D eigenvalue weighted by Gasteiger charge is -2.35. The van der Waals surface area contributed by atoms with Crippen molar-refractivity contribution in [3.63, 3.8) is 0 Å². The quantitative estimate of drug-likeness (QED) is 0.428. The molecule has 0 spiro atoms. The van der Waals surface area contributed by atoms with Crippen LogP contribution >= 0.6 is 11.3 Å². The van der Waals surface area contributed by atoms with Crippen molar-refractivity contribution in [2.75, 3.05) is 19.7 Å². The molecule has 5 heteroatoms. The summed E-state index contributed by atoms with van der Waals surface area (Å²) in [5.41, 5.74) is 2.81. The van der Waals surface area contributed by atoms with Gasteiger partial charge in [0, 0.05) is 24.5 Å². The molecule has 1 N–H and O–H groups in total. The Hall–Kier alpha value is -3.15. The van der Waals surface area contributed by atoms with Crippen molar-refractivity contribution in [3.05, 3.63) is 100 Å². The van der Waals surface area contributed by atoms with E-state index in [9.17, 15) is 4.79 Å². The van der Waals surface area contributed by atoms with Crippen LogP contribution in [0.2, 0.25) is 0 Å². The van der Waals surface area contributed by atoms with Crippen molar-refractivity contribution in [1.82, 2.24) is 10.2 Å². The summed E-state index contributed by atoms with van der Waals surface area (Å²) in [7, 11) is 0. The first-order valence-corrected chi connectivity index (χ1v) is 11.9. The lowest BCUT2D eigenvalue weighted by atomic mass is 9.98. The van der Waals surface area contributed by atoms with Gasteiger partial charge in [0.05, 0.1) is 6.04 Å². The van der Waals surface area contributed by atoms with E-state index >= 15 is 0 Å². The highest BCUT2D eigenvalue weighted by atomic mass is 32.1. The summed E-state index contributed by atoms with van der Waals surface area (Å²) in [6.07, 6.45) is 1.04. The third kappa shape index (κ3) is 4.69. The highest BCUT2D eigenvalue weighted by Crippen LogP contribution is 2.30. The number of thiophene rings is 1. The van der Waals surface area contributed by atoms with Crippen LogP contribution in [0.4, 0.5) is 0 Å². The average molecular weight is 443 g/mol. The fourth-order valence-electron chi connectivity index (χ4n) is 4.34. The highest BCUT2D eigenvalue weighted by Gasteiger charge is 2.25. The van der Waals surface area contributed by atoms with Crippen LogP contribution in [0.1, 0.15) is 22.0 Å². The van der Waals surface area contributed by atoms with Crippen molar-refractivity contribution in [2.24, 2.45) is 0 Å². The molecule has 5 rings (SSSR count). The minimum absolute atomic E-state index is 0.0122. The topological polar surface area (TPSA) is 41.6 Å². The number of nitrogens with zero attached hydrogens (tertiary/aromatic N) is 1. The third-order valence-corrected chi connectivity index (χ3v) is 7.03. The molecule has 1 amide bonds. The molecule has 1 aromatic heterocycles. The molecule has 1 atom stereocenters. The standard InChI is InChI=1S/C27H26N2O2S/c30-27(19-31-24-12-11-20-6-1-3-8-22(20)16-24)28-17-25(26-10-5-15-32-26)29-14-13-21-7-2-4-9-23(21)18-29/h1-12,15-16,25H,13-14,17-19H2,(H,28,30)/t25-/m1/s1. The molecule has 0 saturated heterocycles. The van der Waals surface area contributed by atoms with Crippen molar-refractivity contribution < 1.29 is 9.53 Å². The van der Waals surface area contributed by atoms with Gasteiger partial charge in [0.2, 0.25) is 0 Å². The summed E-state index contributed by atoms with van der Waals surface area (Å²) >= 11 is 1.74. The average Bonchev–Trinajstić information content (AvgIpc) is 3.37. The summed E-state index contributed by atoms with van der Waals surface area (Å²) in [6.45, 7) is 2.48. The molecule has 4 aromatic rings. The van der Waals surface area contributed by atoms with Crippen LogP contribution < -0.4 is 10.1 Å². The van der Waals surface area contributed by atoms with Crippen LogP contribution in [-0.2, 0) is 17.8 Å². The predicted octanol–water partition coefficient (Wildman–Crippen LogP) is 5.20. The van der Waals surface area contributed by atoms with Gasteiger partial charge in [-0.1, -0.05) is 60.7 Å². The zero-order valence-electron chi connectivity index (χ0n) is 17.9. The molecule has 0 fully saturated rings. The Morgan fingerprint density at radius 1 is 0.969 bits per heavy atom. The van der Waals surface area contributed by atoms with E-state index in [1.165, 1.54) is 16.0 Å². The van der Waals surface area contributed by atoms with Crippen LogP contribution in [0.3, 0.4) is 0 Å². The number of benzene rings is 3. The summed E-state index contributed by atoms with van der Waals surface area (Å²) < 4.78 is 5.77.